The van der Waals surface area contributed by atoms with Gasteiger partial charge >= 0.3 is 0 Å². The fraction of sp³-hybridized carbons (Fsp3) is 0.333. The van der Waals surface area contributed by atoms with Gasteiger partial charge in [0.25, 0.3) is 0 Å². The summed E-state index contributed by atoms with van der Waals surface area (Å²) in [5.74, 6) is 1.27. The van der Waals surface area contributed by atoms with Crippen LogP contribution in [0.15, 0.2) is 18.2 Å². The molecule has 0 amide bonds. The molecule has 0 atom stereocenters. The van der Waals surface area contributed by atoms with Crippen LogP contribution in [0.4, 0.5) is 11.8 Å². The zero-order valence-electron chi connectivity index (χ0n) is 8.37. The summed E-state index contributed by atoms with van der Waals surface area (Å²) in [5.41, 5.74) is 6.49. The number of anilines is 2. The van der Waals surface area contributed by atoms with Crippen molar-refractivity contribution in [1.29, 1.82) is 0 Å². The Morgan fingerprint density at radius 2 is 2.36 bits per heavy atom. The summed E-state index contributed by atoms with van der Waals surface area (Å²) in [6.07, 6.45) is 0. The van der Waals surface area contributed by atoms with Crippen molar-refractivity contribution in [3.8, 4) is 5.88 Å². The summed E-state index contributed by atoms with van der Waals surface area (Å²) in [7, 11) is 1.53. The smallest absolute Gasteiger partial charge is 0.225 e. The Bertz CT molecular complexity index is 338. The van der Waals surface area contributed by atoms with Gasteiger partial charge in [-0.15, -0.1) is 0 Å². The lowest BCUT2D eigenvalue weighted by atomic mass is 10.3. The summed E-state index contributed by atoms with van der Waals surface area (Å²) in [6, 6.07) is 1.68. The zero-order valence-corrected chi connectivity index (χ0v) is 8.37. The van der Waals surface area contributed by atoms with Gasteiger partial charge in [-0.05, 0) is 6.92 Å². The van der Waals surface area contributed by atoms with E-state index in [1.54, 1.807) is 6.07 Å². The second-order valence-corrected chi connectivity index (χ2v) is 2.96. The molecular weight excluding hydrogens is 180 g/mol. The minimum Gasteiger partial charge on any atom is -0.481 e. The number of aromatic nitrogens is 2. The maximum Gasteiger partial charge on any atom is 0.225 e. The third-order valence-corrected chi connectivity index (χ3v) is 1.50. The van der Waals surface area contributed by atoms with E-state index in [9.17, 15) is 0 Å². The Balaban J connectivity index is 2.76. The molecule has 5 heteroatoms. The number of nitrogens with two attached hydrogens (primary N) is 1. The quantitative estimate of drug-likeness (QED) is 0.701. The van der Waals surface area contributed by atoms with Gasteiger partial charge in [0, 0.05) is 12.6 Å². The van der Waals surface area contributed by atoms with Crippen LogP contribution in [-0.4, -0.2) is 23.6 Å². The van der Waals surface area contributed by atoms with Gasteiger partial charge < -0.3 is 15.8 Å². The van der Waals surface area contributed by atoms with E-state index in [4.69, 9.17) is 10.5 Å². The lowest BCUT2D eigenvalue weighted by Gasteiger charge is -2.06. The monoisotopic (exact) mass is 194 g/mol. The predicted octanol–water partition coefficient (Wildman–Crippen LogP) is 1.06. The van der Waals surface area contributed by atoms with Crippen molar-refractivity contribution in [2.24, 2.45) is 0 Å². The lowest BCUT2D eigenvalue weighted by Crippen LogP contribution is -2.06. The number of nitrogens with one attached hydrogen (secondary N) is 1. The molecule has 1 heterocycles. The van der Waals surface area contributed by atoms with E-state index in [0.29, 0.717) is 18.2 Å². The zero-order chi connectivity index (χ0) is 10.6. The highest BCUT2D eigenvalue weighted by Crippen LogP contribution is 2.13. The molecule has 0 saturated heterocycles. The molecule has 0 spiro atoms. The predicted molar refractivity (Wildman–Crippen MR) is 56.3 cm³/mol. The first kappa shape index (κ1) is 10.3. The summed E-state index contributed by atoms with van der Waals surface area (Å²) in [6.45, 7) is 6.34. The summed E-state index contributed by atoms with van der Waals surface area (Å²) in [5, 5.41) is 3.05. The largest absolute Gasteiger partial charge is 0.481 e. The Morgan fingerprint density at radius 3 is 2.93 bits per heavy atom. The first-order valence-electron chi connectivity index (χ1n) is 4.18. The van der Waals surface area contributed by atoms with Crippen molar-refractivity contribution < 1.29 is 4.74 Å². The summed E-state index contributed by atoms with van der Waals surface area (Å²) < 4.78 is 4.95. The third-order valence-electron chi connectivity index (χ3n) is 1.50. The number of ether oxygens (including phenoxy) is 1. The molecule has 76 valence electrons. The molecule has 0 bridgehead atoms. The van der Waals surface area contributed by atoms with Crippen LogP contribution in [0.5, 0.6) is 5.88 Å². The number of hydrogen-bond acceptors (Lipinski definition) is 5. The number of hydrogen-bond donors (Lipinski definition) is 2. The Hall–Kier alpha value is -1.78. The van der Waals surface area contributed by atoms with Crippen LogP contribution in [-0.2, 0) is 0 Å². The van der Waals surface area contributed by atoms with Crippen molar-refractivity contribution in [2.75, 3.05) is 24.7 Å². The van der Waals surface area contributed by atoms with E-state index < -0.39 is 0 Å². The standard InChI is InChI=1S/C9H14N4O/c1-6(2)5-11-7-4-8(14-3)13-9(10)12-7/h4H,1,5H2,2-3H3,(H3,10,11,12,13). The molecule has 3 N–H and O–H groups in total. The Kier molecular flexibility index (Phi) is 3.28. The second-order valence-electron chi connectivity index (χ2n) is 2.96. The maximum absolute atomic E-state index is 5.48. The number of rotatable bonds is 4. The highest BCUT2D eigenvalue weighted by molar-refractivity contribution is 5.43. The maximum atomic E-state index is 5.48. The minimum absolute atomic E-state index is 0.188. The van der Waals surface area contributed by atoms with Gasteiger partial charge in [0.15, 0.2) is 0 Å². The van der Waals surface area contributed by atoms with Crippen molar-refractivity contribution in [3.63, 3.8) is 0 Å². The Labute approximate surface area is 83.0 Å². The van der Waals surface area contributed by atoms with Crippen LogP contribution in [0.25, 0.3) is 0 Å². The highest BCUT2D eigenvalue weighted by atomic mass is 16.5. The molecule has 0 radical (unpaired) electrons. The molecule has 1 aromatic heterocycles. The van der Waals surface area contributed by atoms with E-state index in [0.717, 1.165) is 5.57 Å². The van der Waals surface area contributed by atoms with E-state index in [1.807, 2.05) is 6.92 Å². The first-order chi connectivity index (χ1) is 6.61. The average molecular weight is 194 g/mol. The van der Waals surface area contributed by atoms with Gasteiger partial charge in [0.2, 0.25) is 11.8 Å². The van der Waals surface area contributed by atoms with Gasteiger partial charge in [0.1, 0.15) is 5.82 Å². The fourth-order valence-corrected chi connectivity index (χ4v) is 0.879. The number of methoxy groups -OCH3 is 1. The van der Waals surface area contributed by atoms with Crippen molar-refractivity contribution >= 4 is 11.8 Å². The normalized spacial score (nSPS) is 9.57. The van der Waals surface area contributed by atoms with Crippen LogP contribution in [0.2, 0.25) is 0 Å². The van der Waals surface area contributed by atoms with Crippen LogP contribution in [0.1, 0.15) is 6.92 Å². The summed E-state index contributed by atoms with van der Waals surface area (Å²) in [4.78, 5) is 7.85. The third kappa shape index (κ3) is 2.93. The van der Waals surface area contributed by atoms with Crippen LogP contribution in [0, 0.1) is 0 Å². The SMILES string of the molecule is C=C(C)CNc1cc(OC)nc(N)n1. The number of nitrogen functional groups attached to an aromatic ring is 1. The van der Waals surface area contributed by atoms with Crippen molar-refractivity contribution in [2.45, 2.75) is 6.92 Å². The molecule has 0 fully saturated rings. The van der Waals surface area contributed by atoms with E-state index in [1.165, 1.54) is 7.11 Å². The summed E-state index contributed by atoms with van der Waals surface area (Å²) >= 11 is 0. The van der Waals surface area contributed by atoms with Crippen LogP contribution >= 0.6 is 0 Å². The highest BCUT2D eigenvalue weighted by Gasteiger charge is 2.01. The lowest BCUT2D eigenvalue weighted by molar-refractivity contribution is 0.398. The van der Waals surface area contributed by atoms with Gasteiger partial charge in [-0.25, -0.2) is 0 Å². The fourth-order valence-electron chi connectivity index (χ4n) is 0.879. The van der Waals surface area contributed by atoms with Crippen molar-refractivity contribution in [1.82, 2.24) is 9.97 Å². The molecular formula is C9H14N4O. The van der Waals surface area contributed by atoms with Crippen molar-refractivity contribution in [3.05, 3.63) is 18.2 Å². The molecule has 0 aliphatic carbocycles. The first-order valence-corrected chi connectivity index (χ1v) is 4.18. The molecule has 0 aromatic carbocycles. The molecule has 14 heavy (non-hydrogen) atoms. The minimum atomic E-state index is 0.188. The molecule has 1 aromatic rings. The number of nitrogens with zero attached hydrogens (tertiary/aromatic N) is 2. The molecule has 1 rings (SSSR count). The van der Waals surface area contributed by atoms with Gasteiger partial charge in [-0.2, -0.15) is 9.97 Å². The van der Waals surface area contributed by atoms with E-state index in [-0.39, 0.29) is 5.95 Å². The van der Waals surface area contributed by atoms with Gasteiger partial charge in [0.05, 0.1) is 7.11 Å². The topological polar surface area (TPSA) is 73.1 Å². The second kappa shape index (κ2) is 4.45. The molecule has 0 aliphatic heterocycles. The van der Waals surface area contributed by atoms with Crippen LogP contribution < -0.4 is 15.8 Å². The van der Waals surface area contributed by atoms with Gasteiger partial charge in [-0.3, -0.25) is 0 Å². The molecule has 0 aliphatic rings. The average Bonchev–Trinajstić information content (AvgIpc) is 2.14. The van der Waals surface area contributed by atoms with E-state index >= 15 is 0 Å². The van der Waals surface area contributed by atoms with Crippen LogP contribution in [0.3, 0.4) is 0 Å². The van der Waals surface area contributed by atoms with E-state index in [2.05, 4.69) is 21.9 Å². The molecule has 5 nitrogen and oxygen atoms in total. The molecule has 0 saturated carbocycles. The van der Waals surface area contributed by atoms with Gasteiger partial charge in [-0.1, -0.05) is 12.2 Å². The Morgan fingerprint density at radius 1 is 1.64 bits per heavy atom. The molecule has 0 unspecified atom stereocenters.